The minimum atomic E-state index is -1.64. The zero-order chi connectivity index (χ0) is 20.4. The molecule has 0 saturated carbocycles. The Morgan fingerprint density at radius 3 is 2.64 bits per heavy atom. The fourth-order valence-electron chi connectivity index (χ4n) is 2.55. The molecule has 0 radical (unpaired) electrons. The predicted molar refractivity (Wildman–Crippen MR) is 98.4 cm³/mol. The van der Waals surface area contributed by atoms with Crippen molar-refractivity contribution in [3.05, 3.63) is 47.7 Å². The van der Waals surface area contributed by atoms with E-state index in [1.54, 1.807) is 19.3 Å². The number of anilines is 1. The summed E-state index contributed by atoms with van der Waals surface area (Å²) in [6, 6.07) is 3.50. The molecule has 1 amide bonds. The fourth-order valence-corrected chi connectivity index (χ4v) is 3.46. The normalized spacial score (nSPS) is 12.2. The molecule has 3 rings (SSSR count). The molecule has 1 atom stereocenters. The summed E-state index contributed by atoms with van der Waals surface area (Å²) < 4.78 is 47.2. The lowest BCUT2D eigenvalue weighted by molar-refractivity contribution is -0.115. The Labute approximate surface area is 163 Å². The minimum Gasteiger partial charge on any atom is -0.469 e. The monoisotopic (exact) mass is 410 g/mol. The van der Waals surface area contributed by atoms with Crippen molar-refractivity contribution in [1.82, 2.24) is 14.8 Å². The number of benzene rings is 1. The van der Waals surface area contributed by atoms with Crippen LogP contribution in [0.4, 0.5) is 18.9 Å². The molecule has 10 heteroatoms. The molecule has 1 aromatic carbocycles. The van der Waals surface area contributed by atoms with Crippen LogP contribution in [-0.2, 0) is 11.3 Å². The van der Waals surface area contributed by atoms with Gasteiger partial charge >= 0.3 is 0 Å². The highest BCUT2D eigenvalue weighted by Gasteiger charge is 2.23. The van der Waals surface area contributed by atoms with Crippen molar-refractivity contribution in [3.63, 3.8) is 0 Å². The minimum absolute atomic E-state index is 0.428. The van der Waals surface area contributed by atoms with Gasteiger partial charge in [-0.25, -0.2) is 13.2 Å². The maximum atomic E-state index is 13.8. The number of rotatable bonds is 6. The lowest BCUT2D eigenvalue weighted by Gasteiger charge is -2.13. The topological polar surface area (TPSA) is 73.0 Å². The van der Waals surface area contributed by atoms with Crippen molar-refractivity contribution in [2.45, 2.75) is 37.7 Å². The van der Waals surface area contributed by atoms with Crippen LogP contribution in [0, 0.1) is 24.4 Å². The number of hydrogen-bond acceptors (Lipinski definition) is 5. The number of hydrogen-bond donors (Lipinski definition) is 1. The van der Waals surface area contributed by atoms with Crippen molar-refractivity contribution >= 4 is 23.4 Å². The summed E-state index contributed by atoms with van der Waals surface area (Å²) in [5, 5.41) is 10.4. The van der Waals surface area contributed by atoms with Crippen LogP contribution < -0.4 is 5.32 Å². The summed E-state index contributed by atoms with van der Waals surface area (Å²) in [6.07, 6.45) is 1.55. The fraction of sp³-hybridized carbons (Fsp3) is 0.278. The largest absolute Gasteiger partial charge is 0.469 e. The van der Waals surface area contributed by atoms with Crippen molar-refractivity contribution in [2.75, 3.05) is 5.32 Å². The van der Waals surface area contributed by atoms with Gasteiger partial charge in [-0.1, -0.05) is 11.8 Å². The standard InChI is InChI=1S/C18H17F3N4O2S/c1-4-25-16(11-7-8-27-9(11)2)23-24-18(25)28-10(3)17(26)22-13-6-5-12(19)14(20)15(13)21/h5-8,10H,4H2,1-3H3,(H,22,26)/t10-/m0/s1. The summed E-state index contributed by atoms with van der Waals surface area (Å²) in [7, 11) is 0. The summed E-state index contributed by atoms with van der Waals surface area (Å²) in [4.78, 5) is 12.4. The molecule has 6 nitrogen and oxygen atoms in total. The average Bonchev–Trinajstić information content (AvgIpc) is 3.27. The number of nitrogens with zero attached hydrogens (tertiary/aromatic N) is 3. The Hall–Kier alpha value is -2.75. The smallest absolute Gasteiger partial charge is 0.237 e. The molecule has 0 fully saturated rings. The van der Waals surface area contributed by atoms with E-state index in [9.17, 15) is 18.0 Å². The molecule has 1 N–H and O–H groups in total. The second-order valence-corrected chi connectivity index (χ2v) is 7.22. The van der Waals surface area contributed by atoms with Crippen molar-refractivity contribution in [2.24, 2.45) is 0 Å². The molecule has 3 aromatic rings. The third-order valence-electron chi connectivity index (χ3n) is 4.08. The van der Waals surface area contributed by atoms with Gasteiger partial charge in [-0.15, -0.1) is 10.2 Å². The molecule has 28 heavy (non-hydrogen) atoms. The number of aryl methyl sites for hydroxylation is 1. The molecule has 0 bridgehead atoms. The molecule has 0 aliphatic carbocycles. The first-order valence-electron chi connectivity index (χ1n) is 8.42. The maximum Gasteiger partial charge on any atom is 0.237 e. The van der Waals surface area contributed by atoms with Gasteiger partial charge in [-0.05, 0) is 39.0 Å². The number of nitrogens with one attached hydrogen (secondary N) is 1. The number of thioether (sulfide) groups is 1. The molecule has 0 aliphatic rings. The molecular weight excluding hydrogens is 393 g/mol. The number of carbonyl (C=O) groups excluding carboxylic acids is 1. The van der Waals surface area contributed by atoms with Crippen LogP contribution in [0.15, 0.2) is 34.0 Å². The van der Waals surface area contributed by atoms with Crippen LogP contribution in [-0.4, -0.2) is 25.9 Å². The van der Waals surface area contributed by atoms with Crippen LogP contribution in [0.5, 0.6) is 0 Å². The van der Waals surface area contributed by atoms with Crippen LogP contribution >= 0.6 is 11.8 Å². The van der Waals surface area contributed by atoms with E-state index in [4.69, 9.17) is 4.42 Å². The van der Waals surface area contributed by atoms with Gasteiger partial charge in [0.2, 0.25) is 5.91 Å². The number of carbonyl (C=O) groups is 1. The van der Waals surface area contributed by atoms with Gasteiger partial charge in [-0.2, -0.15) is 0 Å². The third kappa shape index (κ3) is 3.77. The van der Waals surface area contributed by atoms with E-state index in [1.807, 2.05) is 18.4 Å². The van der Waals surface area contributed by atoms with Gasteiger partial charge in [-0.3, -0.25) is 4.79 Å². The summed E-state index contributed by atoms with van der Waals surface area (Å²) in [5.74, 6) is -3.68. The maximum absolute atomic E-state index is 13.8. The lowest BCUT2D eigenvalue weighted by atomic mass is 10.2. The van der Waals surface area contributed by atoms with Gasteiger partial charge < -0.3 is 14.3 Å². The molecule has 0 unspecified atom stereocenters. The van der Waals surface area contributed by atoms with Crippen molar-refractivity contribution in [1.29, 1.82) is 0 Å². The highest BCUT2D eigenvalue weighted by molar-refractivity contribution is 8.00. The number of halogens is 3. The van der Waals surface area contributed by atoms with Gasteiger partial charge in [0.25, 0.3) is 0 Å². The highest BCUT2D eigenvalue weighted by atomic mass is 32.2. The molecule has 2 aromatic heterocycles. The van der Waals surface area contributed by atoms with Crippen LogP contribution in [0.2, 0.25) is 0 Å². The van der Waals surface area contributed by atoms with Crippen molar-refractivity contribution < 1.29 is 22.4 Å². The van der Waals surface area contributed by atoms with E-state index in [1.165, 1.54) is 0 Å². The lowest BCUT2D eigenvalue weighted by Crippen LogP contribution is -2.23. The van der Waals surface area contributed by atoms with E-state index in [2.05, 4.69) is 15.5 Å². The van der Waals surface area contributed by atoms with E-state index < -0.39 is 34.3 Å². The first-order valence-corrected chi connectivity index (χ1v) is 9.30. The third-order valence-corrected chi connectivity index (χ3v) is 5.16. The first kappa shape index (κ1) is 20.0. The van der Waals surface area contributed by atoms with Gasteiger partial charge in [0.1, 0.15) is 5.76 Å². The molecule has 0 saturated heterocycles. The molecular formula is C18H17F3N4O2S. The van der Waals surface area contributed by atoms with Gasteiger partial charge in [0, 0.05) is 6.54 Å². The molecule has 148 valence electrons. The van der Waals surface area contributed by atoms with E-state index in [-0.39, 0.29) is 0 Å². The number of amides is 1. The number of furan rings is 1. The Balaban J connectivity index is 1.77. The Morgan fingerprint density at radius 1 is 1.25 bits per heavy atom. The van der Waals surface area contributed by atoms with E-state index in [0.29, 0.717) is 23.3 Å². The molecule has 2 heterocycles. The molecule has 0 aliphatic heterocycles. The van der Waals surface area contributed by atoms with Gasteiger partial charge in [0.05, 0.1) is 22.8 Å². The summed E-state index contributed by atoms with van der Waals surface area (Å²) in [5.41, 5.74) is 0.366. The Morgan fingerprint density at radius 2 is 2.00 bits per heavy atom. The summed E-state index contributed by atoms with van der Waals surface area (Å²) in [6.45, 7) is 5.87. The second-order valence-electron chi connectivity index (χ2n) is 5.91. The zero-order valence-electron chi connectivity index (χ0n) is 15.3. The van der Waals surface area contributed by atoms with Gasteiger partial charge in [0.15, 0.2) is 28.4 Å². The van der Waals surface area contributed by atoms with E-state index >= 15 is 0 Å². The predicted octanol–water partition coefficient (Wildman–Crippen LogP) is 4.40. The SMILES string of the molecule is CCn1c(S[C@@H](C)C(=O)Nc2ccc(F)c(F)c2F)nnc1-c1ccoc1C. The Bertz CT molecular complexity index is 1020. The van der Waals surface area contributed by atoms with Crippen LogP contribution in [0.3, 0.4) is 0 Å². The average molecular weight is 410 g/mol. The molecule has 0 spiro atoms. The summed E-state index contributed by atoms with van der Waals surface area (Å²) >= 11 is 1.12. The first-order chi connectivity index (χ1) is 13.3. The Kier molecular flexibility index (Phi) is 5.78. The van der Waals surface area contributed by atoms with Crippen LogP contribution in [0.1, 0.15) is 19.6 Å². The second kappa shape index (κ2) is 8.09. The van der Waals surface area contributed by atoms with Crippen molar-refractivity contribution in [3.8, 4) is 11.4 Å². The van der Waals surface area contributed by atoms with E-state index in [0.717, 1.165) is 29.5 Å². The highest BCUT2D eigenvalue weighted by Crippen LogP contribution is 2.29. The quantitative estimate of drug-likeness (QED) is 0.482. The van der Waals surface area contributed by atoms with Crippen LogP contribution in [0.25, 0.3) is 11.4 Å². The number of aromatic nitrogens is 3. The zero-order valence-corrected chi connectivity index (χ0v) is 16.1.